The van der Waals surface area contributed by atoms with E-state index in [2.05, 4.69) is 15.6 Å². The van der Waals surface area contributed by atoms with Gasteiger partial charge in [0.15, 0.2) is 0 Å². The van der Waals surface area contributed by atoms with Gasteiger partial charge in [0, 0.05) is 28.0 Å². The van der Waals surface area contributed by atoms with Crippen molar-refractivity contribution in [3.63, 3.8) is 0 Å². The van der Waals surface area contributed by atoms with Gasteiger partial charge in [-0.05, 0) is 53.9 Å². The first kappa shape index (κ1) is 18.2. The molecule has 2 aromatic heterocycles. The van der Waals surface area contributed by atoms with E-state index in [1.165, 1.54) is 11.3 Å². The minimum absolute atomic E-state index is 0.164. The summed E-state index contributed by atoms with van der Waals surface area (Å²) in [7, 11) is 0. The molecular weight excluding hydrogens is 394 g/mol. The van der Waals surface area contributed by atoms with Crippen LogP contribution in [0.2, 0.25) is 5.02 Å². The van der Waals surface area contributed by atoms with E-state index in [1.54, 1.807) is 54.7 Å². The highest BCUT2D eigenvalue weighted by atomic mass is 35.5. The number of amides is 2. The molecule has 0 aliphatic rings. The molecule has 28 heavy (non-hydrogen) atoms. The minimum atomic E-state index is -0.304. The Morgan fingerprint density at radius 3 is 2.29 bits per heavy atom. The van der Waals surface area contributed by atoms with Crippen molar-refractivity contribution in [2.24, 2.45) is 0 Å². The van der Waals surface area contributed by atoms with E-state index < -0.39 is 0 Å². The van der Waals surface area contributed by atoms with Gasteiger partial charge in [0.25, 0.3) is 11.8 Å². The standard InChI is InChI=1S/C21H14ClN3O2S/c22-14-11-13-3-1-9-23-19(13)17(12-14)20(26)24-15-5-7-16(8-6-15)25-21(27)18-4-2-10-28-18/h1-12H,(H,24,26)(H,25,27). The van der Waals surface area contributed by atoms with E-state index >= 15 is 0 Å². The quantitative estimate of drug-likeness (QED) is 0.472. The van der Waals surface area contributed by atoms with Crippen LogP contribution in [-0.4, -0.2) is 16.8 Å². The molecule has 138 valence electrons. The van der Waals surface area contributed by atoms with Gasteiger partial charge in [0.2, 0.25) is 0 Å². The van der Waals surface area contributed by atoms with Crippen molar-refractivity contribution >= 4 is 57.0 Å². The Labute approximate surface area is 170 Å². The Balaban J connectivity index is 1.50. The van der Waals surface area contributed by atoms with Crippen molar-refractivity contribution in [1.29, 1.82) is 0 Å². The first-order chi connectivity index (χ1) is 13.6. The van der Waals surface area contributed by atoms with Crippen molar-refractivity contribution in [2.45, 2.75) is 0 Å². The predicted molar refractivity (Wildman–Crippen MR) is 113 cm³/mol. The first-order valence-electron chi connectivity index (χ1n) is 8.41. The summed E-state index contributed by atoms with van der Waals surface area (Å²) in [4.78, 5) is 29.7. The average molecular weight is 408 g/mol. The van der Waals surface area contributed by atoms with Crippen LogP contribution >= 0.6 is 22.9 Å². The first-order valence-corrected chi connectivity index (χ1v) is 9.66. The highest BCUT2D eigenvalue weighted by Crippen LogP contribution is 2.24. The lowest BCUT2D eigenvalue weighted by Gasteiger charge is -2.09. The average Bonchev–Trinajstić information content (AvgIpc) is 3.24. The number of nitrogens with one attached hydrogen (secondary N) is 2. The van der Waals surface area contributed by atoms with E-state index in [1.807, 2.05) is 17.5 Å². The van der Waals surface area contributed by atoms with Crippen LogP contribution in [0.15, 0.2) is 72.2 Å². The number of nitrogens with zero attached hydrogens (tertiary/aromatic N) is 1. The molecule has 0 radical (unpaired) electrons. The van der Waals surface area contributed by atoms with Crippen LogP contribution in [0.25, 0.3) is 10.9 Å². The molecule has 0 fully saturated rings. The van der Waals surface area contributed by atoms with E-state index in [-0.39, 0.29) is 11.8 Å². The molecule has 5 nitrogen and oxygen atoms in total. The second-order valence-electron chi connectivity index (χ2n) is 5.99. The molecule has 0 saturated carbocycles. The van der Waals surface area contributed by atoms with Crippen molar-refractivity contribution in [3.8, 4) is 0 Å². The lowest BCUT2D eigenvalue weighted by Crippen LogP contribution is -2.13. The monoisotopic (exact) mass is 407 g/mol. The molecule has 2 heterocycles. The zero-order valence-corrected chi connectivity index (χ0v) is 16.1. The van der Waals surface area contributed by atoms with E-state index in [0.717, 1.165) is 5.39 Å². The molecule has 0 spiro atoms. The van der Waals surface area contributed by atoms with Crippen molar-refractivity contribution in [2.75, 3.05) is 10.6 Å². The van der Waals surface area contributed by atoms with Crippen molar-refractivity contribution < 1.29 is 9.59 Å². The maximum atomic E-state index is 12.7. The fourth-order valence-corrected chi connectivity index (χ4v) is 3.61. The van der Waals surface area contributed by atoms with Crippen molar-refractivity contribution in [1.82, 2.24) is 4.98 Å². The van der Waals surface area contributed by atoms with Crippen LogP contribution in [0.4, 0.5) is 11.4 Å². The Morgan fingerprint density at radius 2 is 1.61 bits per heavy atom. The highest BCUT2D eigenvalue weighted by molar-refractivity contribution is 7.12. The molecule has 0 unspecified atom stereocenters. The van der Waals surface area contributed by atoms with Gasteiger partial charge in [-0.3, -0.25) is 14.6 Å². The number of benzene rings is 2. The van der Waals surface area contributed by atoms with Gasteiger partial charge in [0.05, 0.1) is 16.0 Å². The number of anilines is 2. The minimum Gasteiger partial charge on any atom is -0.322 e. The van der Waals surface area contributed by atoms with Gasteiger partial charge in [-0.2, -0.15) is 0 Å². The van der Waals surface area contributed by atoms with Crippen LogP contribution in [0.5, 0.6) is 0 Å². The third-order valence-corrected chi connectivity index (χ3v) is 5.15. The number of aromatic nitrogens is 1. The third kappa shape index (κ3) is 3.88. The fourth-order valence-electron chi connectivity index (χ4n) is 2.76. The summed E-state index contributed by atoms with van der Waals surface area (Å²) in [5, 5.41) is 8.77. The Morgan fingerprint density at radius 1 is 0.893 bits per heavy atom. The van der Waals surface area contributed by atoms with Crippen LogP contribution < -0.4 is 10.6 Å². The molecule has 0 bridgehead atoms. The molecule has 4 rings (SSSR count). The number of rotatable bonds is 4. The maximum Gasteiger partial charge on any atom is 0.265 e. The Hall–Kier alpha value is -3.22. The molecule has 2 N–H and O–H groups in total. The number of thiophene rings is 1. The van der Waals surface area contributed by atoms with Crippen LogP contribution in [0.1, 0.15) is 20.0 Å². The van der Waals surface area contributed by atoms with Gasteiger partial charge >= 0.3 is 0 Å². The molecule has 2 amide bonds. The SMILES string of the molecule is O=C(Nc1ccc(NC(=O)c2cc(Cl)cc3cccnc23)cc1)c1cccs1. The lowest BCUT2D eigenvalue weighted by atomic mass is 10.1. The maximum absolute atomic E-state index is 12.7. The second kappa shape index (κ2) is 7.80. The number of fused-ring (bicyclic) bond motifs is 1. The number of carbonyl (C=O) groups excluding carboxylic acids is 2. The number of pyridine rings is 1. The van der Waals surface area contributed by atoms with Crippen LogP contribution in [0.3, 0.4) is 0 Å². The Bertz CT molecular complexity index is 1160. The molecule has 4 aromatic rings. The number of hydrogen-bond acceptors (Lipinski definition) is 4. The highest BCUT2D eigenvalue weighted by Gasteiger charge is 2.13. The van der Waals surface area contributed by atoms with Crippen LogP contribution in [-0.2, 0) is 0 Å². The Kier molecular flexibility index (Phi) is 5.06. The number of hydrogen-bond donors (Lipinski definition) is 2. The summed E-state index contributed by atoms with van der Waals surface area (Å²) < 4.78 is 0. The molecule has 0 atom stereocenters. The summed E-state index contributed by atoms with van der Waals surface area (Å²) in [6.45, 7) is 0. The van der Waals surface area contributed by atoms with E-state index in [9.17, 15) is 9.59 Å². The van der Waals surface area contributed by atoms with Gasteiger partial charge in [-0.15, -0.1) is 11.3 Å². The summed E-state index contributed by atoms with van der Waals surface area (Å²) in [5.41, 5.74) is 2.23. The van der Waals surface area contributed by atoms with Crippen molar-refractivity contribution in [3.05, 3.63) is 87.7 Å². The van der Waals surface area contributed by atoms with Gasteiger partial charge in [-0.25, -0.2) is 0 Å². The third-order valence-electron chi connectivity index (χ3n) is 4.06. The summed E-state index contributed by atoms with van der Waals surface area (Å²) in [6.07, 6.45) is 1.64. The molecule has 2 aromatic carbocycles. The smallest absolute Gasteiger partial charge is 0.265 e. The molecular formula is C21H14ClN3O2S. The van der Waals surface area contributed by atoms with Crippen LogP contribution in [0, 0.1) is 0 Å². The summed E-state index contributed by atoms with van der Waals surface area (Å²) in [6, 6.07) is 17.5. The predicted octanol–water partition coefficient (Wildman–Crippen LogP) is 5.45. The number of carbonyl (C=O) groups is 2. The summed E-state index contributed by atoms with van der Waals surface area (Å²) in [5.74, 6) is -0.468. The normalized spacial score (nSPS) is 10.6. The van der Waals surface area contributed by atoms with E-state index in [0.29, 0.717) is 32.4 Å². The zero-order valence-electron chi connectivity index (χ0n) is 14.5. The summed E-state index contributed by atoms with van der Waals surface area (Å²) >= 11 is 7.51. The molecule has 0 aliphatic heterocycles. The molecule has 7 heteroatoms. The molecule has 0 aliphatic carbocycles. The number of halogens is 1. The zero-order chi connectivity index (χ0) is 19.5. The van der Waals surface area contributed by atoms with Gasteiger partial charge in [0.1, 0.15) is 0 Å². The second-order valence-corrected chi connectivity index (χ2v) is 7.38. The topological polar surface area (TPSA) is 71.1 Å². The van der Waals surface area contributed by atoms with E-state index in [4.69, 9.17) is 11.6 Å². The van der Waals surface area contributed by atoms with Gasteiger partial charge in [-0.1, -0.05) is 23.7 Å². The fraction of sp³-hybridized carbons (Fsp3) is 0. The molecule has 0 saturated heterocycles. The van der Waals surface area contributed by atoms with Gasteiger partial charge < -0.3 is 10.6 Å². The largest absolute Gasteiger partial charge is 0.322 e. The lowest BCUT2D eigenvalue weighted by molar-refractivity contribution is 0.102.